The van der Waals surface area contributed by atoms with Crippen LogP contribution in [0.2, 0.25) is 0 Å². The fourth-order valence-corrected chi connectivity index (χ4v) is 3.85. The van der Waals surface area contributed by atoms with Crippen molar-refractivity contribution in [2.75, 3.05) is 10.2 Å². The van der Waals surface area contributed by atoms with Crippen LogP contribution in [-0.4, -0.2) is 32.3 Å². The Hall–Kier alpha value is -3.74. The lowest BCUT2D eigenvalue weighted by Crippen LogP contribution is -2.43. The highest BCUT2D eigenvalue weighted by Crippen LogP contribution is 2.34. The Bertz CT molecular complexity index is 1170. The molecular formula is C26H29N5O2. The normalized spacial score (nSPS) is 15.8. The summed E-state index contributed by atoms with van der Waals surface area (Å²) in [5.41, 5.74) is 2.44. The first-order chi connectivity index (χ1) is 15.6. The van der Waals surface area contributed by atoms with Crippen LogP contribution < -0.4 is 10.2 Å². The molecule has 3 aromatic rings. The highest BCUT2D eigenvalue weighted by atomic mass is 16.2. The van der Waals surface area contributed by atoms with E-state index in [0.717, 1.165) is 16.8 Å². The van der Waals surface area contributed by atoms with Crippen molar-refractivity contribution in [3.63, 3.8) is 0 Å². The molecule has 0 saturated carbocycles. The smallest absolute Gasteiger partial charge is 0.332 e. The van der Waals surface area contributed by atoms with Gasteiger partial charge in [-0.2, -0.15) is 0 Å². The molecular weight excluding hydrogens is 414 g/mol. The summed E-state index contributed by atoms with van der Waals surface area (Å²) in [6.07, 6.45) is 5.10. The van der Waals surface area contributed by atoms with Crippen molar-refractivity contribution in [3.05, 3.63) is 78.2 Å². The van der Waals surface area contributed by atoms with E-state index in [1.165, 1.54) is 4.90 Å². The van der Waals surface area contributed by atoms with Crippen molar-refractivity contribution in [1.82, 2.24) is 14.9 Å². The van der Waals surface area contributed by atoms with E-state index in [2.05, 4.69) is 36.1 Å². The van der Waals surface area contributed by atoms with Crippen LogP contribution in [-0.2, 0) is 16.8 Å². The van der Waals surface area contributed by atoms with E-state index < -0.39 is 5.54 Å². The molecule has 0 atom stereocenters. The average Bonchev–Trinajstić information content (AvgIpc) is 2.94. The Morgan fingerprint density at radius 2 is 1.73 bits per heavy atom. The first-order valence-electron chi connectivity index (χ1n) is 11.0. The third kappa shape index (κ3) is 4.44. The molecule has 1 aromatic carbocycles. The maximum absolute atomic E-state index is 13.4. The van der Waals surface area contributed by atoms with Crippen LogP contribution in [0.15, 0.2) is 67.1 Å². The molecule has 3 heterocycles. The van der Waals surface area contributed by atoms with E-state index in [-0.39, 0.29) is 17.4 Å². The van der Waals surface area contributed by atoms with Crippen LogP contribution in [0, 0.1) is 0 Å². The number of imide groups is 1. The number of pyridine rings is 2. The first-order valence-corrected chi connectivity index (χ1v) is 11.0. The van der Waals surface area contributed by atoms with Crippen LogP contribution >= 0.6 is 0 Å². The first kappa shape index (κ1) is 22.5. The minimum Gasteiger partial charge on any atom is -0.339 e. The van der Waals surface area contributed by atoms with Crippen molar-refractivity contribution in [3.8, 4) is 0 Å². The number of urea groups is 1. The van der Waals surface area contributed by atoms with E-state index >= 15 is 0 Å². The van der Waals surface area contributed by atoms with Gasteiger partial charge in [-0.15, -0.1) is 0 Å². The van der Waals surface area contributed by atoms with Crippen LogP contribution in [0.25, 0.3) is 0 Å². The molecule has 0 spiro atoms. The lowest BCUT2D eigenvalue weighted by atomic mass is 9.87. The number of nitrogens with zero attached hydrogens (tertiary/aromatic N) is 4. The summed E-state index contributed by atoms with van der Waals surface area (Å²) in [6.45, 7) is 10.2. The molecule has 33 heavy (non-hydrogen) atoms. The maximum atomic E-state index is 13.4. The summed E-state index contributed by atoms with van der Waals surface area (Å²) in [5, 5.41) is 3.21. The van der Waals surface area contributed by atoms with Crippen molar-refractivity contribution in [1.29, 1.82) is 0 Å². The van der Waals surface area contributed by atoms with E-state index in [1.54, 1.807) is 37.3 Å². The van der Waals surface area contributed by atoms with Crippen molar-refractivity contribution in [2.24, 2.45) is 0 Å². The van der Waals surface area contributed by atoms with E-state index in [9.17, 15) is 9.59 Å². The van der Waals surface area contributed by atoms with Crippen molar-refractivity contribution < 1.29 is 9.59 Å². The van der Waals surface area contributed by atoms with Gasteiger partial charge in [-0.3, -0.25) is 9.78 Å². The SMILES string of the molecule is CC(C)(C)c1ccc(N2C(=O)N(Cc3ccnc(Nc4cccnc4)c3)C(C)(C)C2=O)cc1. The van der Waals surface area contributed by atoms with Crippen LogP contribution in [0.1, 0.15) is 45.7 Å². The monoisotopic (exact) mass is 443 g/mol. The predicted molar refractivity (Wildman–Crippen MR) is 129 cm³/mol. The standard InChI is InChI=1S/C26H29N5O2/c1-25(2,3)19-8-10-21(11-9-19)31-23(32)26(4,5)30(24(31)33)17-18-12-14-28-22(15-18)29-20-7-6-13-27-16-20/h6-16H,17H2,1-5H3,(H,28,29). The Morgan fingerprint density at radius 1 is 1.00 bits per heavy atom. The summed E-state index contributed by atoms with van der Waals surface area (Å²) in [7, 11) is 0. The molecule has 2 aromatic heterocycles. The zero-order valence-electron chi connectivity index (χ0n) is 19.7. The molecule has 1 aliphatic rings. The number of amides is 3. The summed E-state index contributed by atoms with van der Waals surface area (Å²) in [6, 6.07) is 14.8. The number of aromatic nitrogens is 2. The zero-order chi connectivity index (χ0) is 23.8. The fraction of sp³-hybridized carbons (Fsp3) is 0.308. The second-order valence-electron chi connectivity index (χ2n) is 9.78. The largest absolute Gasteiger partial charge is 0.339 e. The molecule has 170 valence electrons. The van der Waals surface area contributed by atoms with Crippen LogP contribution in [0.4, 0.5) is 22.0 Å². The van der Waals surface area contributed by atoms with Gasteiger partial charge in [0.15, 0.2) is 0 Å². The van der Waals surface area contributed by atoms with Crippen molar-refractivity contribution in [2.45, 2.75) is 52.1 Å². The van der Waals surface area contributed by atoms with Gasteiger partial charge >= 0.3 is 6.03 Å². The molecule has 1 saturated heterocycles. The quantitative estimate of drug-likeness (QED) is 0.544. The maximum Gasteiger partial charge on any atom is 0.332 e. The van der Waals surface area contributed by atoms with E-state index in [4.69, 9.17) is 0 Å². The number of anilines is 3. The minimum absolute atomic E-state index is 0.00817. The molecule has 7 heteroatoms. The van der Waals surface area contributed by atoms with Gasteiger partial charge < -0.3 is 10.2 Å². The third-order valence-corrected chi connectivity index (χ3v) is 5.91. The zero-order valence-corrected chi connectivity index (χ0v) is 19.7. The topological polar surface area (TPSA) is 78.4 Å². The van der Waals surface area contributed by atoms with Crippen LogP contribution in [0.3, 0.4) is 0 Å². The molecule has 0 bridgehead atoms. The summed E-state index contributed by atoms with van der Waals surface area (Å²) in [5.74, 6) is 0.407. The van der Waals surface area contributed by atoms with Gasteiger partial charge in [-0.05, 0) is 66.8 Å². The number of rotatable bonds is 5. The molecule has 4 rings (SSSR count). The number of hydrogen-bond donors (Lipinski definition) is 1. The number of carbonyl (C=O) groups excluding carboxylic acids is 2. The Kier molecular flexibility index (Phi) is 5.66. The molecule has 1 aliphatic heterocycles. The van der Waals surface area contributed by atoms with E-state index in [0.29, 0.717) is 18.1 Å². The summed E-state index contributed by atoms with van der Waals surface area (Å²) < 4.78 is 0. The molecule has 0 unspecified atom stereocenters. The van der Waals surface area contributed by atoms with Gasteiger partial charge in [0.05, 0.1) is 17.6 Å². The number of nitrogens with one attached hydrogen (secondary N) is 1. The number of benzene rings is 1. The summed E-state index contributed by atoms with van der Waals surface area (Å²) in [4.78, 5) is 38.0. The second-order valence-corrected chi connectivity index (χ2v) is 9.78. The van der Waals surface area contributed by atoms with Gasteiger partial charge in [0.25, 0.3) is 5.91 Å². The number of carbonyl (C=O) groups is 2. The Morgan fingerprint density at radius 3 is 2.36 bits per heavy atom. The molecule has 1 N–H and O–H groups in total. The highest BCUT2D eigenvalue weighted by Gasteiger charge is 2.51. The lowest BCUT2D eigenvalue weighted by molar-refractivity contribution is -0.123. The molecule has 3 amide bonds. The summed E-state index contributed by atoms with van der Waals surface area (Å²) >= 11 is 0. The Balaban J connectivity index is 1.57. The van der Waals surface area contributed by atoms with Crippen molar-refractivity contribution >= 4 is 29.1 Å². The molecule has 0 aliphatic carbocycles. The highest BCUT2D eigenvalue weighted by molar-refractivity contribution is 6.22. The van der Waals surface area contributed by atoms with Gasteiger partial charge in [-0.25, -0.2) is 14.7 Å². The Labute approximate surface area is 194 Å². The van der Waals surface area contributed by atoms with Gasteiger partial charge in [0, 0.05) is 18.9 Å². The lowest BCUT2D eigenvalue weighted by Gasteiger charge is -2.27. The van der Waals surface area contributed by atoms with Gasteiger partial charge in [0.1, 0.15) is 11.4 Å². The molecule has 0 radical (unpaired) electrons. The van der Waals surface area contributed by atoms with Gasteiger partial charge in [0.2, 0.25) is 0 Å². The minimum atomic E-state index is -0.972. The van der Waals surface area contributed by atoms with E-state index in [1.807, 2.05) is 48.5 Å². The molecule has 1 fully saturated rings. The predicted octanol–water partition coefficient (Wildman–Crippen LogP) is 5.27. The second kappa shape index (κ2) is 8.31. The fourth-order valence-electron chi connectivity index (χ4n) is 3.85. The van der Waals surface area contributed by atoms with Crippen LogP contribution in [0.5, 0.6) is 0 Å². The number of hydrogen-bond acceptors (Lipinski definition) is 5. The third-order valence-electron chi connectivity index (χ3n) is 5.91. The van der Waals surface area contributed by atoms with Gasteiger partial charge in [-0.1, -0.05) is 32.9 Å². The molecule has 7 nitrogen and oxygen atoms in total. The average molecular weight is 444 g/mol.